The molecule has 2 aromatic heterocycles. The van der Waals surface area contributed by atoms with Crippen LogP contribution in [0.25, 0.3) is 9.88 Å². The Morgan fingerprint density at radius 2 is 1.83 bits per heavy atom. The van der Waals surface area contributed by atoms with Gasteiger partial charge in [0, 0.05) is 21.5 Å². The van der Waals surface area contributed by atoms with E-state index in [4.69, 9.17) is 0 Å². The van der Waals surface area contributed by atoms with Gasteiger partial charge in [0.2, 0.25) is 0 Å². The fourth-order valence-corrected chi connectivity index (χ4v) is 3.76. The lowest BCUT2D eigenvalue weighted by molar-refractivity contribution is 0.101. The second-order valence-corrected chi connectivity index (χ2v) is 7.18. The third-order valence-corrected chi connectivity index (χ3v) is 5.25. The van der Waals surface area contributed by atoms with Crippen molar-refractivity contribution in [2.45, 2.75) is 13.8 Å². The summed E-state index contributed by atoms with van der Waals surface area (Å²) in [5.74, 6) is -0.255. The minimum absolute atomic E-state index is 0.00161. The number of nitrogens with one attached hydrogen (secondary N) is 1. The summed E-state index contributed by atoms with van der Waals surface area (Å²) in [6.45, 7) is 3.55. The number of anilines is 1. The van der Waals surface area contributed by atoms with Crippen LogP contribution in [0.3, 0.4) is 0 Å². The van der Waals surface area contributed by atoms with Gasteiger partial charge in [-0.2, -0.15) is 0 Å². The van der Waals surface area contributed by atoms with Crippen molar-refractivity contribution in [2.24, 2.45) is 0 Å². The summed E-state index contributed by atoms with van der Waals surface area (Å²) in [4.78, 5) is 30.2. The van der Waals surface area contributed by atoms with Gasteiger partial charge in [-0.3, -0.25) is 9.59 Å². The highest BCUT2D eigenvalue weighted by molar-refractivity contribution is 7.21. The van der Waals surface area contributed by atoms with E-state index in [1.807, 2.05) is 19.1 Å². The molecule has 0 unspecified atom stereocenters. The van der Waals surface area contributed by atoms with E-state index in [-0.39, 0.29) is 11.7 Å². The highest BCUT2D eigenvalue weighted by Gasteiger charge is 2.13. The summed E-state index contributed by atoms with van der Waals surface area (Å²) in [5, 5.41) is 5.39. The lowest BCUT2D eigenvalue weighted by Crippen LogP contribution is -2.12. The van der Waals surface area contributed by atoms with Crippen LogP contribution >= 0.6 is 22.7 Å². The zero-order chi connectivity index (χ0) is 16.4. The van der Waals surface area contributed by atoms with Crippen LogP contribution in [0.1, 0.15) is 32.6 Å². The maximum absolute atomic E-state index is 12.3. The molecule has 0 saturated carbocycles. The van der Waals surface area contributed by atoms with E-state index in [1.165, 1.54) is 23.1 Å². The van der Waals surface area contributed by atoms with Crippen molar-refractivity contribution in [1.82, 2.24) is 4.98 Å². The van der Waals surface area contributed by atoms with Crippen molar-refractivity contribution in [3.63, 3.8) is 0 Å². The molecule has 4 nitrogen and oxygen atoms in total. The molecule has 0 fully saturated rings. The van der Waals surface area contributed by atoms with Crippen molar-refractivity contribution < 1.29 is 9.59 Å². The van der Waals surface area contributed by atoms with Crippen molar-refractivity contribution in [1.29, 1.82) is 0 Å². The number of carbonyl (C=O) groups excluding carboxylic acids is 2. The number of ketones is 1. The number of thiazole rings is 1. The van der Waals surface area contributed by atoms with Gasteiger partial charge in [-0.15, -0.1) is 22.7 Å². The van der Waals surface area contributed by atoms with Crippen LogP contribution in [-0.2, 0) is 0 Å². The van der Waals surface area contributed by atoms with Crippen molar-refractivity contribution in [3.8, 4) is 9.88 Å². The molecule has 23 heavy (non-hydrogen) atoms. The van der Waals surface area contributed by atoms with E-state index in [0.717, 1.165) is 9.88 Å². The number of benzene rings is 1. The molecular formula is C17H14N2O2S2. The molecule has 0 saturated heterocycles. The normalized spacial score (nSPS) is 10.5. The Morgan fingerprint density at radius 1 is 1.09 bits per heavy atom. The second-order valence-electron chi connectivity index (χ2n) is 5.04. The highest BCUT2D eigenvalue weighted by Crippen LogP contribution is 2.30. The van der Waals surface area contributed by atoms with E-state index >= 15 is 0 Å². The zero-order valence-corrected chi connectivity index (χ0v) is 14.3. The number of carbonyl (C=O) groups is 2. The molecular weight excluding hydrogens is 328 g/mol. The predicted octanol–water partition coefficient (Wildman–Crippen LogP) is 4.63. The van der Waals surface area contributed by atoms with Crippen LogP contribution in [0.2, 0.25) is 0 Å². The van der Waals surface area contributed by atoms with Crippen LogP contribution in [0.5, 0.6) is 0 Å². The first-order valence-corrected chi connectivity index (χ1v) is 8.67. The summed E-state index contributed by atoms with van der Waals surface area (Å²) in [6, 6.07) is 10.9. The molecule has 2 heterocycles. The molecule has 3 aromatic rings. The number of aryl methyl sites for hydroxylation is 1. The quantitative estimate of drug-likeness (QED) is 0.703. The summed E-state index contributed by atoms with van der Waals surface area (Å²) < 4.78 is 0. The topological polar surface area (TPSA) is 59.1 Å². The minimum atomic E-state index is -0.253. The lowest BCUT2D eigenvalue weighted by atomic mass is 10.1. The molecule has 0 aliphatic heterocycles. The van der Waals surface area contributed by atoms with E-state index in [0.29, 0.717) is 16.9 Å². The molecule has 6 heteroatoms. The maximum atomic E-state index is 12.3. The monoisotopic (exact) mass is 342 g/mol. The van der Waals surface area contributed by atoms with Gasteiger partial charge in [0.1, 0.15) is 10.7 Å². The number of aromatic nitrogens is 1. The number of hydrogen-bond donors (Lipinski definition) is 1. The molecule has 1 N–H and O–H groups in total. The summed E-state index contributed by atoms with van der Waals surface area (Å²) in [7, 11) is 0. The fourth-order valence-electron chi connectivity index (χ4n) is 2.02. The van der Waals surface area contributed by atoms with E-state index in [1.54, 1.807) is 41.0 Å². The molecule has 3 rings (SSSR count). The van der Waals surface area contributed by atoms with Crippen LogP contribution in [0.15, 0.2) is 41.8 Å². The molecule has 1 aromatic carbocycles. The van der Waals surface area contributed by atoms with Crippen LogP contribution in [0.4, 0.5) is 5.69 Å². The van der Waals surface area contributed by atoms with E-state index < -0.39 is 0 Å². The average Bonchev–Trinajstić information content (AvgIpc) is 3.16. The number of rotatable bonds is 4. The molecule has 0 spiro atoms. The third-order valence-electron chi connectivity index (χ3n) is 3.24. The number of nitrogens with zero attached hydrogens (tertiary/aromatic N) is 1. The average molecular weight is 342 g/mol. The Morgan fingerprint density at radius 3 is 2.43 bits per heavy atom. The van der Waals surface area contributed by atoms with Gasteiger partial charge in [-0.25, -0.2) is 4.98 Å². The molecule has 0 bridgehead atoms. The third kappa shape index (κ3) is 3.55. The number of thiophene rings is 1. The van der Waals surface area contributed by atoms with Gasteiger partial charge in [0.05, 0.1) is 4.88 Å². The zero-order valence-electron chi connectivity index (χ0n) is 12.6. The van der Waals surface area contributed by atoms with Gasteiger partial charge in [0.25, 0.3) is 5.91 Å². The molecule has 0 aliphatic carbocycles. The van der Waals surface area contributed by atoms with Crippen LogP contribution in [0, 0.1) is 6.92 Å². The van der Waals surface area contributed by atoms with Gasteiger partial charge in [-0.1, -0.05) is 0 Å². The number of Topliss-reactive ketones (excluding diaryl/α,β-unsaturated/α-hetero) is 1. The lowest BCUT2D eigenvalue weighted by Gasteiger charge is -2.03. The molecule has 0 radical (unpaired) electrons. The standard InChI is InChI=1S/C17H14N2O2S2/c1-10-3-8-15(23-10)17-19-14(9-22-17)16(21)18-13-6-4-12(5-7-13)11(2)20/h3-9H,1-2H3,(H,18,21). The van der Waals surface area contributed by atoms with Crippen molar-refractivity contribution >= 4 is 40.1 Å². The summed E-state index contributed by atoms with van der Waals surface area (Å²) in [5.41, 5.74) is 1.65. The first-order chi connectivity index (χ1) is 11.0. The minimum Gasteiger partial charge on any atom is -0.321 e. The Balaban J connectivity index is 1.73. The van der Waals surface area contributed by atoms with Crippen molar-refractivity contribution in [2.75, 3.05) is 5.32 Å². The van der Waals surface area contributed by atoms with E-state index in [9.17, 15) is 9.59 Å². The molecule has 116 valence electrons. The Labute approximate surface area is 141 Å². The number of amides is 1. The second kappa shape index (κ2) is 6.44. The maximum Gasteiger partial charge on any atom is 0.275 e. The Bertz CT molecular complexity index is 863. The smallest absolute Gasteiger partial charge is 0.275 e. The Kier molecular flexibility index (Phi) is 4.36. The first kappa shape index (κ1) is 15.6. The number of hydrogen-bond acceptors (Lipinski definition) is 5. The predicted molar refractivity (Wildman–Crippen MR) is 94.6 cm³/mol. The molecule has 0 aliphatic rings. The fraction of sp³-hybridized carbons (Fsp3) is 0.118. The summed E-state index contributed by atoms with van der Waals surface area (Å²) >= 11 is 3.11. The molecule has 1 amide bonds. The first-order valence-electron chi connectivity index (χ1n) is 6.97. The molecule has 0 atom stereocenters. The van der Waals surface area contributed by atoms with Gasteiger partial charge >= 0.3 is 0 Å². The van der Waals surface area contributed by atoms with E-state index in [2.05, 4.69) is 10.3 Å². The van der Waals surface area contributed by atoms with Crippen molar-refractivity contribution in [3.05, 3.63) is 57.9 Å². The van der Waals surface area contributed by atoms with Gasteiger partial charge in [-0.05, 0) is 50.2 Å². The van der Waals surface area contributed by atoms with Crippen LogP contribution < -0.4 is 5.32 Å². The largest absolute Gasteiger partial charge is 0.321 e. The highest BCUT2D eigenvalue weighted by atomic mass is 32.1. The summed E-state index contributed by atoms with van der Waals surface area (Å²) in [6.07, 6.45) is 0. The van der Waals surface area contributed by atoms with Crippen LogP contribution in [-0.4, -0.2) is 16.7 Å². The Hall–Kier alpha value is -2.31. The SMILES string of the molecule is CC(=O)c1ccc(NC(=O)c2csc(-c3ccc(C)s3)n2)cc1. The van der Waals surface area contributed by atoms with Gasteiger partial charge < -0.3 is 5.32 Å². The van der Waals surface area contributed by atoms with Gasteiger partial charge in [0.15, 0.2) is 5.78 Å².